The van der Waals surface area contributed by atoms with Crippen LogP contribution in [-0.4, -0.2) is 49.6 Å². The molecule has 6 nitrogen and oxygen atoms in total. The Morgan fingerprint density at radius 2 is 1.62 bits per heavy atom. The molecule has 1 aliphatic carbocycles. The molecular weight excluding hydrogens is 332 g/mol. The lowest BCUT2D eigenvalue weighted by molar-refractivity contribution is -0.125. The first-order chi connectivity index (χ1) is 12.6. The van der Waals surface area contributed by atoms with Crippen molar-refractivity contribution in [2.75, 3.05) is 20.8 Å². The Balaban J connectivity index is 1.72. The fourth-order valence-corrected chi connectivity index (χ4v) is 3.92. The molecule has 3 rings (SSSR count). The number of carbonyl (C=O) groups is 2. The Kier molecular flexibility index (Phi) is 6.01. The van der Waals surface area contributed by atoms with Crippen LogP contribution >= 0.6 is 0 Å². The van der Waals surface area contributed by atoms with Gasteiger partial charge in [0.25, 0.3) is 5.91 Å². The number of likely N-dealkylation sites (tertiary alicyclic amines) is 1. The first-order valence-corrected chi connectivity index (χ1v) is 9.47. The van der Waals surface area contributed by atoms with Crippen LogP contribution in [0.25, 0.3) is 0 Å². The number of carbonyl (C=O) groups excluding carboxylic acids is 2. The van der Waals surface area contributed by atoms with Crippen molar-refractivity contribution < 1.29 is 19.1 Å². The second-order valence-corrected chi connectivity index (χ2v) is 7.10. The lowest BCUT2D eigenvalue weighted by Gasteiger charge is -2.28. The summed E-state index contributed by atoms with van der Waals surface area (Å²) in [5.74, 6) is 0.964. The van der Waals surface area contributed by atoms with Crippen LogP contribution in [0, 0.1) is 0 Å². The third kappa shape index (κ3) is 4.11. The van der Waals surface area contributed by atoms with Crippen molar-refractivity contribution in [2.24, 2.45) is 0 Å². The maximum absolute atomic E-state index is 13.0. The van der Waals surface area contributed by atoms with E-state index in [0.29, 0.717) is 30.0 Å². The molecule has 2 aliphatic rings. The van der Waals surface area contributed by atoms with Crippen LogP contribution in [0.3, 0.4) is 0 Å². The largest absolute Gasteiger partial charge is 0.497 e. The van der Waals surface area contributed by atoms with Gasteiger partial charge in [-0.25, -0.2) is 0 Å². The summed E-state index contributed by atoms with van der Waals surface area (Å²) in [5, 5.41) is 3.16. The summed E-state index contributed by atoms with van der Waals surface area (Å²) in [5.41, 5.74) is 0.485. The lowest BCUT2D eigenvalue weighted by atomic mass is 9.95. The fraction of sp³-hybridized carbons (Fsp3) is 0.600. The van der Waals surface area contributed by atoms with Crippen LogP contribution in [0.4, 0.5) is 0 Å². The van der Waals surface area contributed by atoms with Crippen molar-refractivity contribution in [1.82, 2.24) is 10.2 Å². The molecule has 1 heterocycles. The van der Waals surface area contributed by atoms with Gasteiger partial charge in [-0.3, -0.25) is 9.59 Å². The second-order valence-electron chi connectivity index (χ2n) is 7.10. The molecule has 1 saturated carbocycles. The number of hydrogen-bond donors (Lipinski definition) is 1. The normalized spacial score (nSPS) is 20.7. The average molecular weight is 360 g/mol. The van der Waals surface area contributed by atoms with E-state index in [1.54, 1.807) is 37.3 Å². The van der Waals surface area contributed by atoms with E-state index in [4.69, 9.17) is 9.47 Å². The van der Waals surface area contributed by atoms with E-state index in [1.165, 1.54) is 19.3 Å². The van der Waals surface area contributed by atoms with Gasteiger partial charge in [-0.05, 0) is 37.8 Å². The Morgan fingerprint density at radius 3 is 2.23 bits per heavy atom. The van der Waals surface area contributed by atoms with Crippen LogP contribution in [0.15, 0.2) is 18.2 Å². The van der Waals surface area contributed by atoms with Crippen LogP contribution in [-0.2, 0) is 4.79 Å². The molecule has 0 unspecified atom stereocenters. The van der Waals surface area contributed by atoms with Gasteiger partial charge >= 0.3 is 0 Å². The van der Waals surface area contributed by atoms with Gasteiger partial charge in [0.2, 0.25) is 5.91 Å². The molecule has 1 aliphatic heterocycles. The number of benzene rings is 1. The molecule has 1 aromatic rings. The van der Waals surface area contributed by atoms with Gasteiger partial charge in [0.1, 0.15) is 17.5 Å². The highest BCUT2D eigenvalue weighted by atomic mass is 16.5. The molecule has 0 bridgehead atoms. The summed E-state index contributed by atoms with van der Waals surface area (Å²) in [6.07, 6.45) is 7.22. The van der Waals surface area contributed by atoms with Gasteiger partial charge in [0, 0.05) is 24.2 Å². The zero-order valence-electron chi connectivity index (χ0n) is 15.6. The van der Waals surface area contributed by atoms with Crippen molar-refractivity contribution in [1.29, 1.82) is 0 Å². The van der Waals surface area contributed by atoms with Crippen molar-refractivity contribution in [2.45, 2.75) is 57.0 Å². The maximum atomic E-state index is 13.0. The summed E-state index contributed by atoms with van der Waals surface area (Å²) in [6, 6.07) is 4.99. The minimum absolute atomic E-state index is 0.0161. The van der Waals surface area contributed by atoms with Gasteiger partial charge in [0.05, 0.1) is 14.2 Å². The van der Waals surface area contributed by atoms with Crippen molar-refractivity contribution in [3.8, 4) is 11.5 Å². The summed E-state index contributed by atoms with van der Waals surface area (Å²) in [4.78, 5) is 27.5. The standard InChI is InChI=1S/C20H28N2O4/c1-25-16-11-14(12-17(13-16)26-2)20(24)22-10-6-9-18(22)19(23)21-15-7-4-3-5-8-15/h11-13,15,18H,3-10H2,1-2H3,(H,21,23)/t18-/m1/s1. The molecule has 1 aromatic carbocycles. The molecule has 26 heavy (non-hydrogen) atoms. The Bertz CT molecular complexity index is 633. The SMILES string of the molecule is COc1cc(OC)cc(C(=O)N2CCC[C@@H]2C(=O)NC2CCCCC2)c1. The van der Waals surface area contributed by atoms with Gasteiger partial charge in [-0.15, -0.1) is 0 Å². The molecular formula is C20H28N2O4. The summed E-state index contributed by atoms with van der Waals surface area (Å²) >= 11 is 0. The highest BCUT2D eigenvalue weighted by Crippen LogP contribution is 2.27. The number of amides is 2. The smallest absolute Gasteiger partial charge is 0.254 e. The molecule has 0 radical (unpaired) electrons. The van der Waals surface area contributed by atoms with E-state index in [2.05, 4.69) is 5.32 Å². The predicted octanol–water partition coefficient (Wildman–Crippen LogP) is 2.76. The van der Waals surface area contributed by atoms with E-state index < -0.39 is 0 Å². The molecule has 0 spiro atoms. The first kappa shape index (κ1) is 18.5. The zero-order valence-corrected chi connectivity index (χ0v) is 15.6. The van der Waals surface area contributed by atoms with Crippen molar-refractivity contribution in [3.05, 3.63) is 23.8 Å². The zero-order chi connectivity index (χ0) is 18.5. The molecule has 142 valence electrons. The number of hydrogen-bond acceptors (Lipinski definition) is 4. The number of nitrogens with zero attached hydrogens (tertiary/aromatic N) is 1. The molecule has 0 aromatic heterocycles. The van der Waals surface area contributed by atoms with Crippen molar-refractivity contribution in [3.63, 3.8) is 0 Å². The lowest BCUT2D eigenvalue weighted by Crippen LogP contribution is -2.49. The van der Waals surface area contributed by atoms with Crippen LogP contribution in [0.2, 0.25) is 0 Å². The minimum atomic E-state index is -0.387. The number of nitrogens with one attached hydrogen (secondary N) is 1. The first-order valence-electron chi connectivity index (χ1n) is 9.47. The molecule has 1 N–H and O–H groups in total. The number of ether oxygens (including phenoxy) is 2. The minimum Gasteiger partial charge on any atom is -0.497 e. The van der Waals surface area contributed by atoms with Crippen molar-refractivity contribution >= 4 is 11.8 Å². The van der Waals surface area contributed by atoms with E-state index in [0.717, 1.165) is 19.3 Å². The van der Waals surface area contributed by atoms with Crippen LogP contribution < -0.4 is 14.8 Å². The van der Waals surface area contributed by atoms with Crippen LogP contribution in [0.1, 0.15) is 55.3 Å². The molecule has 2 amide bonds. The summed E-state index contributed by atoms with van der Waals surface area (Å²) < 4.78 is 10.5. The van der Waals surface area contributed by atoms with Gasteiger partial charge in [-0.2, -0.15) is 0 Å². The Hall–Kier alpha value is -2.24. The third-order valence-electron chi connectivity index (χ3n) is 5.37. The predicted molar refractivity (Wildman–Crippen MR) is 98.6 cm³/mol. The monoisotopic (exact) mass is 360 g/mol. The van der Waals surface area contributed by atoms with Gasteiger partial charge in [0.15, 0.2) is 0 Å². The fourth-order valence-electron chi connectivity index (χ4n) is 3.92. The van der Waals surface area contributed by atoms with E-state index in [-0.39, 0.29) is 23.9 Å². The average Bonchev–Trinajstić information content (AvgIpc) is 3.17. The van der Waals surface area contributed by atoms with E-state index in [9.17, 15) is 9.59 Å². The Morgan fingerprint density at radius 1 is 0.962 bits per heavy atom. The molecule has 2 fully saturated rings. The summed E-state index contributed by atoms with van der Waals surface area (Å²) in [6.45, 7) is 0.598. The quantitative estimate of drug-likeness (QED) is 0.877. The number of methoxy groups -OCH3 is 2. The van der Waals surface area contributed by atoms with E-state index >= 15 is 0 Å². The van der Waals surface area contributed by atoms with Gasteiger partial charge < -0.3 is 19.7 Å². The highest BCUT2D eigenvalue weighted by molar-refractivity contribution is 5.98. The third-order valence-corrected chi connectivity index (χ3v) is 5.37. The second kappa shape index (κ2) is 8.43. The number of rotatable bonds is 5. The Labute approximate surface area is 154 Å². The molecule has 6 heteroatoms. The van der Waals surface area contributed by atoms with E-state index in [1.807, 2.05) is 0 Å². The molecule has 1 saturated heterocycles. The van der Waals surface area contributed by atoms with Crippen LogP contribution in [0.5, 0.6) is 11.5 Å². The highest BCUT2D eigenvalue weighted by Gasteiger charge is 2.35. The summed E-state index contributed by atoms with van der Waals surface area (Å²) in [7, 11) is 3.11. The maximum Gasteiger partial charge on any atom is 0.254 e. The molecule has 1 atom stereocenters. The topological polar surface area (TPSA) is 67.9 Å². The van der Waals surface area contributed by atoms with Gasteiger partial charge in [-0.1, -0.05) is 19.3 Å².